The Morgan fingerprint density at radius 1 is 1.23 bits per heavy atom. The number of rotatable bonds is 5. The van der Waals surface area contributed by atoms with Crippen LogP contribution in [-0.2, 0) is 4.74 Å². The molecule has 2 N–H and O–H groups in total. The van der Waals surface area contributed by atoms with Gasteiger partial charge in [-0.1, -0.05) is 18.2 Å². The first-order valence-corrected chi connectivity index (χ1v) is 7.35. The maximum atomic E-state index is 12.0. The summed E-state index contributed by atoms with van der Waals surface area (Å²) in [5.41, 5.74) is 1.34. The average Bonchev–Trinajstić information content (AvgIpc) is 3.08. The first-order valence-electron chi connectivity index (χ1n) is 7.35. The number of carbonyl (C=O) groups is 1. The zero-order chi connectivity index (χ0) is 15.2. The Hall–Kier alpha value is -2.47. The van der Waals surface area contributed by atoms with Gasteiger partial charge in [0, 0.05) is 31.2 Å². The Balaban J connectivity index is 1.55. The maximum absolute atomic E-state index is 12.0. The molecule has 1 aromatic carbocycles. The highest BCUT2D eigenvalue weighted by Gasteiger charge is 2.16. The van der Waals surface area contributed by atoms with Crippen molar-refractivity contribution >= 4 is 17.5 Å². The number of ether oxygens (including phenoxy) is 1. The standard InChI is InChI=1S/C16H18N4O2/c21-15(17-11-14-7-4-8-22-14)12-9-18-16(19-10-12)20-13-5-2-1-3-6-13/h1-3,5-6,9-10,14H,4,7-8,11H2,(H,17,21)(H,18,19,20)/t14-/m1/s1. The molecule has 0 saturated carbocycles. The lowest BCUT2D eigenvalue weighted by molar-refractivity contribution is 0.0857. The summed E-state index contributed by atoms with van der Waals surface area (Å²) >= 11 is 0. The van der Waals surface area contributed by atoms with E-state index in [-0.39, 0.29) is 12.0 Å². The van der Waals surface area contributed by atoms with Gasteiger partial charge < -0.3 is 15.4 Å². The molecule has 1 aromatic heterocycles. The maximum Gasteiger partial charge on any atom is 0.254 e. The predicted octanol–water partition coefficient (Wildman–Crippen LogP) is 2.13. The highest BCUT2D eigenvalue weighted by molar-refractivity contribution is 5.93. The van der Waals surface area contributed by atoms with Gasteiger partial charge in [0.1, 0.15) is 0 Å². The Morgan fingerprint density at radius 3 is 2.68 bits per heavy atom. The normalized spacial score (nSPS) is 17.2. The monoisotopic (exact) mass is 298 g/mol. The van der Waals surface area contributed by atoms with Crippen LogP contribution in [0, 0.1) is 0 Å². The molecule has 6 nitrogen and oxygen atoms in total. The van der Waals surface area contributed by atoms with Gasteiger partial charge in [-0.2, -0.15) is 0 Å². The van der Waals surface area contributed by atoms with Crippen molar-refractivity contribution in [2.24, 2.45) is 0 Å². The van der Waals surface area contributed by atoms with Crippen LogP contribution in [0.2, 0.25) is 0 Å². The lowest BCUT2D eigenvalue weighted by atomic mass is 10.2. The molecule has 2 aromatic rings. The van der Waals surface area contributed by atoms with Crippen molar-refractivity contribution in [1.29, 1.82) is 0 Å². The second-order valence-electron chi connectivity index (χ2n) is 5.13. The Morgan fingerprint density at radius 2 is 2.00 bits per heavy atom. The molecule has 22 heavy (non-hydrogen) atoms. The zero-order valence-electron chi connectivity index (χ0n) is 12.2. The smallest absolute Gasteiger partial charge is 0.254 e. The van der Waals surface area contributed by atoms with Gasteiger partial charge in [0.25, 0.3) is 5.91 Å². The number of benzene rings is 1. The van der Waals surface area contributed by atoms with E-state index in [9.17, 15) is 4.79 Å². The van der Waals surface area contributed by atoms with E-state index in [0.717, 1.165) is 25.1 Å². The van der Waals surface area contributed by atoms with E-state index in [4.69, 9.17) is 4.74 Å². The third-order valence-electron chi connectivity index (χ3n) is 3.46. The number of nitrogens with one attached hydrogen (secondary N) is 2. The predicted molar refractivity (Wildman–Crippen MR) is 83.1 cm³/mol. The minimum Gasteiger partial charge on any atom is -0.376 e. The van der Waals surface area contributed by atoms with Crippen LogP contribution >= 0.6 is 0 Å². The van der Waals surface area contributed by atoms with Crippen LogP contribution in [0.5, 0.6) is 0 Å². The second kappa shape index (κ2) is 7.00. The zero-order valence-corrected chi connectivity index (χ0v) is 12.2. The van der Waals surface area contributed by atoms with Crippen molar-refractivity contribution < 1.29 is 9.53 Å². The van der Waals surface area contributed by atoms with Crippen molar-refractivity contribution in [3.63, 3.8) is 0 Å². The Kier molecular flexibility index (Phi) is 4.60. The first-order chi connectivity index (χ1) is 10.8. The minimum absolute atomic E-state index is 0.129. The summed E-state index contributed by atoms with van der Waals surface area (Å²) in [4.78, 5) is 20.3. The van der Waals surface area contributed by atoms with Gasteiger partial charge in [0.05, 0.1) is 11.7 Å². The van der Waals surface area contributed by atoms with Crippen LogP contribution in [0.25, 0.3) is 0 Å². The molecule has 0 aliphatic carbocycles. The molecule has 1 aliphatic rings. The number of aromatic nitrogens is 2. The quantitative estimate of drug-likeness (QED) is 0.884. The van der Waals surface area contributed by atoms with E-state index >= 15 is 0 Å². The van der Waals surface area contributed by atoms with Crippen LogP contribution in [0.3, 0.4) is 0 Å². The van der Waals surface area contributed by atoms with Crippen LogP contribution < -0.4 is 10.6 Å². The van der Waals surface area contributed by atoms with Crippen LogP contribution in [0.1, 0.15) is 23.2 Å². The van der Waals surface area contributed by atoms with E-state index in [2.05, 4.69) is 20.6 Å². The van der Waals surface area contributed by atoms with Crippen molar-refractivity contribution in [3.05, 3.63) is 48.3 Å². The van der Waals surface area contributed by atoms with Crippen molar-refractivity contribution in [2.45, 2.75) is 18.9 Å². The molecule has 6 heteroatoms. The van der Waals surface area contributed by atoms with E-state index < -0.39 is 0 Å². The van der Waals surface area contributed by atoms with Gasteiger partial charge in [-0.15, -0.1) is 0 Å². The fraction of sp³-hybridized carbons (Fsp3) is 0.312. The molecule has 1 saturated heterocycles. The van der Waals surface area contributed by atoms with Gasteiger partial charge in [-0.05, 0) is 25.0 Å². The molecule has 0 unspecified atom stereocenters. The summed E-state index contributed by atoms with van der Waals surface area (Å²) in [6.07, 6.45) is 5.22. The van der Waals surface area contributed by atoms with Gasteiger partial charge >= 0.3 is 0 Å². The fourth-order valence-corrected chi connectivity index (χ4v) is 2.27. The SMILES string of the molecule is O=C(NC[C@H]1CCCO1)c1cnc(Nc2ccccc2)nc1. The molecular weight excluding hydrogens is 280 g/mol. The van der Waals surface area contributed by atoms with Crippen molar-refractivity contribution in [2.75, 3.05) is 18.5 Å². The van der Waals surface area contributed by atoms with Crippen molar-refractivity contribution in [1.82, 2.24) is 15.3 Å². The van der Waals surface area contributed by atoms with E-state index in [1.807, 2.05) is 30.3 Å². The average molecular weight is 298 g/mol. The molecule has 2 heterocycles. The van der Waals surface area contributed by atoms with Gasteiger partial charge in [0.15, 0.2) is 0 Å². The van der Waals surface area contributed by atoms with Gasteiger partial charge in [-0.25, -0.2) is 9.97 Å². The third-order valence-corrected chi connectivity index (χ3v) is 3.46. The number of carbonyl (C=O) groups excluding carboxylic acids is 1. The van der Waals surface area contributed by atoms with Crippen molar-refractivity contribution in [3.8, 4) is 0 Å². The minimum atomic E-state index is -0.179. The van der Waals surface area contributed by atoms with E-state index in [1.165, 1.54) is 12.4 Å². The van der Waals surface area contributed by atoms with E-state index in [1.54, 1.807) is 0 Å². The molecule has 0 radical (unpaired) electrons. The highest BCUT2D eigenvalue weighted by Crippen LogP contribution is 2.12. The largest absolute Gasteiger partial charge is 0.376 e. The van der Waals surface area contributed by atoms with Gasteiger partial charge in [-0.3, -0.25) is 4.79 Å². The molecule has 1 amide bonds. The van der Waals surface area contributed by atoms with Crippen LogP contribution in [0.15, 0.2) is 42.7 Å². The Bertz CT molecular complexity index is 610. The number of para-hydroxylation sites is 1. The van der Waals surface area contributed by atoms with Gasteiger partial charge in [0.2, 0.25) is 5.95 Å². The highest BCUT2D eigenvalue weighted by atomic mass is 16.5. The third kappa shape index (κ3) is 3.79. The summed E-state index contributed by atoms with van der Waals surface area (Å²) in [5, 5.41) is 5.92. The second-order valence-corrected chi connectivity index (χ2v) is 5.13. The Labute approximate surface area is 128 Å². The number of hydrogen-bond acceptors (Lipinski definition) is 5. The molecule has 1 atom stereocenters. The summed E-state index contributed by atoms with van der Waals surface area (Å²) in [5.74, 6) is 0.281. The number of nitrogens with zero attached hydrogens (tertiary/aromatic N) is 2. The number of anilines is 2. The number of amides is 1. The molecule has 1 aliphatic heterocycles. The summed E-state index contributed by atoms with van der Waals surface area (Å²) in [6, 6.07) is 9.63. The first kappa shape index (κ1) is 14.5. The fourth-order valence-electron chi connectivity index (χ4n) is 2.27. The summed E-state index contributed by atoms with van der Waals surface area (Å²) in [7, 11) is 0. The van der Waals surface area contributed by atoms with Crippen LogP contribution in [0.4, 0.5) is 11.6 Å². The lowest BCUT2D eigenvalue weighted by Crippen LogP contribution is -2.31. The molecule has 0 bridgehead atoms. The van der Waals surface area contributed by atoms with Crippen LogP contribution in [-0.4, -0.2) is 35.1 Å². The molecular formula is C16H18N4O2. The van der Waals surface area contributed by atoms with E-state index in [0.29, 0.717) is 18.1 Å². The molecule has 3 rings (SSSR count). The summed E-state index contributed by atoms with van der Waals surface area (Å²) < 4.78 is 5.47. The molecule has 114 valence electrons. The summed E-state index contributed by atoms with van der Waals surface area (Å²) in [6.45, 7) is 1.31. The number of hydrogen-bond donors (Lipinski definition) is 2. The molecule has 1 fully saturated rings. The molecule has 0 spiro atoms. The lowest BCUT2D eigenvalue weighted by Gasteiger charge is -2.10. The topological polar surface area (TPSA) is 76.1 Å².